The van der Waals surface area contributed by atoms with Gasteiger partial charge < -0.3 is 15.2 Å². The van der Waals surface area contributed by atoms with Gasteiger partial charge in [-0.15, -0.1) is 0 Å². The van der Waals surface area contributed by atoms with Crippen LogP contribution in [0.15, 0.2) is 30.5 Å². The smallest absolute Gasteiger partial charge is 0.161 e. The fourth-order valence-corrected chi connectivity index (χ4v) is 4.48. The number of benzene rings is 1. The first kappa shape index (κ1) is 18.2. The van der Waals surface area contributed by atoms with Gasteiger partial charge >= 0.3 is 0 Å². The van der Waals surface area contributed by atoms with Crippen molar-refractivity contribution in [2.24, 2.45) is 5.73 Å². The Hall–Kier alpha value is -2.18. The molecule has 144 valence electrons. The summed E-state index contributed by atoms with van der Waals surface area (Å²) in [7, 11) is 3.33. The van der Waals surface area contributed by atoms with Crippen molar-refractivity contribution < 1.29 is 13.9 Å². The van der Waals surface area contributed by atoms with Crippen molar-refractivity contribution in [1.82, 2.24) is 9.88 Å². The van der Waals surface area contributed by atoms with Gasteiger partial charge in [0.05, 0.1) is 14.2 Å². The molecule has 1 aromatic carbocycles. The lowest BCUT2D eigenvalue weighted by molar-refractivity contribution is 0.108. The van der Waals surface area contributed by atoms with Crippen molar-refractivity contribution >= 4 is 0 Å². The summed E-state index contributed by atoms with van der Waals surface area (Å²) in [6.07, 6.45) is 3.49. The number of hydrogen-bond donors (Lipinski definition) is 1. The summed E-state index contributed by atoms with van der Waals surface area (Å²) in [5.41, 5.74) is 10.7. The number of rotatable bonds is 4. The maximum Gasteiger partial charge on any atom is 0.161 e. The van der Waals surface area contributed by atoms with Gasteiger partial charge in [0.25, 0.3) is 0 Å². The number of ether oxygens (including phenoxy) is 2. The molecule has 1 aromatic heterocycles. The van der Waals surface area contributed by atoms with E-state index in [2.05, 4.69) is 22.0 Å². The summed E-state index contributed by atoms with van der Waals surface area (Å²) >= 11 is 0. The number of hydrogen-bond acceptors (Lipinski definition) is 5. The van der Waals surface area contributed by atoms with Gasteiger partial charge in [-0.3, -0.25) is 9.88 Å². The van der Waals surface area contributed by atoms with E-state index in [4.69, 9.17) is 15.2 Å². The molecule has 0 aliphatic carbocycles. The van der Waals surface area contributed by atoms with Crippen LogP contribution in [0.25, 0.3) is 0 Å². The van der Waals surface area contributed by atoms with Crippen molar-refractivity contribution in [3.8, 4) is 11.5 Å². The van der Waals surface area contributed by atoms with E-state index in [-0.39, 0.29) is 18.0 Å². The molecule has 1 unspecified atom stereocenters. The van der Waals surface area contributed by atoms with Gasteiger partial charge in [0.1, 0.15) is 6.67 Å². The third-order valence-electron chi connectivity index (χ3n) is 5.94. The van der Waals surface area contributed by atoms with E-state index in [1.807, 2.05) is 6.07 Å². The highest BCUT2D eigenvalue weighted by atomic mass is 19.1. The number of aromatic nitrogens is 1. The lowest BCUT2D eigenvalue weighted by atomic mass is 9.79. The van der Waals surface area contributed by atoms with E-state index in [1.54, 1.807) is 26.5 Å². The third-order valence-corrected chi connectivity index (χ3v) is 5.94. The summed E-state index contributed by atoms with van der Waals surface area (Å²) in [6, 6.07) is 8.01. The van der Waals surface area contributed by atoms with E-state index in [9.17, 15) is 4.39 Å². The fraction of sp³-hybridized carbons (Fsp3) is 0.476. The number of halogens is 1. The second-order valence-electron chi connectivity index (χ2n) is 7.40. The monoisotopic (exact) mass is 371 g/mol. The number of pyridine rings is 1. The highest BCUT2D eigenvalue weighted by Crippen LogP contribution is 2.43. The molecule has 2 aliphatic heterocycles. The van der Waals surface area contributed by atoms with Crippen molar-refractivity contribution in [3.05, 3.63) is 52.8 Å². The molecule has 5 nitrogen and oxygen atoms in total. The van der Waals surface area contributed by atoms with Crippen LogP contribution >= 0.6 is 0 Å². The molecule has 3 heterocycles. The zero-order valence-corrected chi connectivity index (χ0v) is 15.8. The Balaban J connectivity index is 1.63. The van der Waals surface area contributed by atoms with E-state index in [1.165, 1.54) is 11.1 Å². The summed E-state index contributed by atoms with van der Waals surface area (Å²) < 4.78 is 24.0. The Bertz CT molecular complexity index is 829. The summed E-state index contributed by atoms with van der Waals surface area (Å²) in [5, 5.41) is 0. The summed E-state index contributed by atoms with van der Waals surface area (Å²) in [6.45, 7) is 1.33. The van der Waals surface area contributed by atoms with Crippen molar-refractivity contribution in [2.45, 2.75) is 37.5 Å². The molecule has 3 atom stereocenters. The van der Waals surface area contributed by atoms with Gasteiger partial charge in [0.15, 0.2) is 11.5 Å². The maximum atomic E-state index is 13.0. The normalized spacial score (nSPS) is 24.8. The molecule has 1 saturated heterocycles. The first-order chi connectivity index (χ1) is 13.1. The third kappa shape index (κ3) is 3.28. The van der Waals surface area contributed by atoms with Crippen LogP contribution in [0.4, 0.5) is 4.39 Å². The number of fused-ring (bicyclic) bond motifs is 3. The molecular formula is C21H26FN3O2. The molecule has 0 spiro atoms. The molecule has 0 saturated carbocycles. The quantitative estimate of drug-likeness (QED) is 0.895. The fourth-order valence-electron chi connectivity index (χ4n) is 4.48. The molecule has 0 radical (unpaired) electrons. The van der Waals surface area contributed by atoms with Gasteiger partial charge in [-0.2, -0.15) is 0 Å². The van der Waals surface area contributed by atoms with Crippen LogP contribution in [0.2, 0.25) is 0 Å². The van der Waals surface area contributed by atoms with Gasteiger partial charge in [-0.25, -0.2) is 4.39 Å². The minimum absolute atomic E-state index is 0.0207. The number of nitrogens with zero attached hydrogens (tertiary/aromatic N) is 2. The lowest BCUT2D eigenvalue weighted by Gasteiger charge is -2.46. The second kappa shape index (κ2) is 7.44. The summed E-state index contributed by atoms with van der Waals surface area (Å²) in [5.74, 6) is 1.65. The van der Waals surface area contributed by atoms with Crippen LogP contribution in [0.3, 0.4) is 0 Å². The maximum absolute atomic E-state index is 13.0. The van der Waals surface area contributed by atoms with Gasteiger partial charge in [0.2, 0.25) is 0 Å². The zero-order valence-electron chi connectivity index (χ0n) is 15.8. The Labute approximate surface area is 159 Å². The van der Waals surface area contributed by atoms with E-state index >= 15 is 0 Å². The van der Waals surface area contributed by atoms with Crippen LogP contribution in [-0.2, 0) is 13.1 Å². The van der Waals surface area contributed by atoms with Crippen molar-refractivity contribution in [1.29, 1.82) is 0 Å². The Morgan fingerprint density at radius 3 is 2.74 bits per heavy atom. The van der Waals surface area contributed by atoms with Crippen LogP contribution in [0.1, 0.15) is 40.8 Å². The largest absolute Gasteiger partial charge is 0.493 e. The van der Waals surface area contributed by atoms with Crippen molar-refractivity contribution in [3.63, 3.8) is 0 Å². The molecule has 2 aromatic rings. The minimum atomic E-state index is -0.473. The molecule has 2 N–H and O–H groups in total. The number of piperidine rings is 1. The Morgan fingerprint density at radius 2 is 2.00 bits per heavy atom. The van der Waals surface area contributed by atoms with Crippen LogP contribution < -0.4 is 15.2 Å². The van der Waals surface area contributed by atoms with Crippen LogP contribution in [0, 0.1) is 0 Å². The van der Waals surface area contributed by atoms with E-state index in [0.29, 0.717) is 5.56 Å². The predicted molar refractivity (Wildman–Crippen MR) is 102 cm³/mol. The average molecular weight is 371 g/mol. The minimum Gasteiger partial charge on any atom is -0.493 e. The Morgan fingerprint density at radius 1 is 1.22 bits per heavy atom. The summed E-state index contributed by atoms with van der Waals surface area (Å²) in [4.78, 5) is 6.96. The zero-order chi connectivity index (χ0) is 19.0. The van der Waals surface area contributed by atoms with Gasteiger partial charge in [-0.05, 0) is 53.8 Å². The lowest BCUT2D eigenvalue weighted by Crippen LogP contribution is -2.50. The molecule has 4 rings (SSSR count). The highest BCUT2D eigenvalue weighted by molar-refractivity contribution is 5.49. The second-order valence-corrected chi connectivity index (χ2v) is 7.40. The van der Waals surface area contributed by atoms with Crippen molar-refractivity contribution in [2.75, 3.05) is 27.3 Å². The molecule has 1 fully saturated rings. The molecule has 6 heteroatoms. The van der Waals surface area contributed by atoms with Gasteiger partial charge in [0, 0.05) is 43.0 Å². The van der Waals surface area contributed by atoms with Gasteiger partial charge in [-0.1, -0.05) is 0 Å². The molecular weight excluding hydrogens is 345 g/mol. The first-order valence-corrected chi connectivity index (χ1v) is 9.39. The van der Waals surface area contributed by atoms with E-state index < -0.39 is 6.67 Å². The molecule has 2 aliphatic rings. The number of alkyl halides is 1. The SMILES string of the molecule is COc1cc2c(cc1OC)C1C[C@H](N)[C@@H](c3cc(CF)ccn3)CN1CC2. The predicted octanol–water partition coefficient (Wildman–Crippen LogP) is 2.98. The number of nitrogens with two attached hydrogens (primary N) is 1. The average Bonchev–Trinajstić information content (AvgIpc) is 2.72. The molecule has 0 amide bonds. The van der Waals surface area contributed by atoms with E-state index in [0.717, 1.165) is 43.1 Å². The topological polar surface area (TPSA) is 60.6 Å². The molecule has 0 bridgehead atoms. The standard InChI is InChI=1S/C21H26FN3O2/c1-26-20-8-14-4-6-25-12-16(18-7-13(11-22)3-5-24-18)17(23)10-19(25)15(14)9-21(20)27-2/h3,5,7-9,16-17,19H,4,6,10-12,23H2,1-2H3/t16-,17-,19?/m0/s1. The Kier molecular flexibility index (Phi) is 5.02. The first-order valence-electron chi connectivity index (χ1n) is 9.39. The number of methoxy groups -OCH3 is 2. The highest BCUT2D eigenvalue weighted by Gasteiger charge is 2.39. The van der Waals surface area contributed by atoms with Crippen LogP contribution in [0.5, 0.6) is 11.5 Å². The molecule has 27 heavy (non-hydrogen) atoms. The van der Waals surface area contributed by atoms with Crippen LogP contribution in [-0.4, -0.2) is 43.2 Å².